The van der Waals surface area contributed by atoms with Crippen molar-refractivity contribution < 1.29 is 22.4 Å². The molecule has 0 aliphatic rings. The Morgan fingerprint density at radius 1 is 0.878 bits per heavy atom. The molecule has 0 unspecified atom stereocenters. The minimum Gasteiger partial charge on any atom is -0.350 e. The maximum atomic E-state index is 14.2. The van der Waals surface area contributed by atoms with E-state index in [4.69, 9.17) is 0 Å². The number of hydrogen-bond acceptors (Lipinski definition) is 4. The highest BCUT2D eigenvalue weighted by molar-refractivity contribution is 7.90. The van der Waals surface area contributed by atoms with Crippen LogP contribution in [0.1, 0.15) is 37.5 Å². The molecule has 0 aliphatic carbocycles. The molecule has 0 saturated heterocycles. The average molecular weight is 583 g/mol. The number of carbonyl (C=O) groups is 2. The van der Waals surface area contributed by atoms with Crippen LogP contribution in [-0.4, -0.2) is 61.7 Å². The maximum Gasteiger partial charge on any atom is 0.304 e. The summed E-state index contributed by atoms with van der Waals surface area (Å²) in [6, 6.07) is 20.9. The molecule has 0 fully saturated rings. The molecule has 1 N–H and O–H groups in total. The highest BCUT2D eigenvalue weighted by Crippen LogP contribution is 2.22. The van der Waals surface area contributed by atoms with E-state index in [-0.39, 0.29) is 24.6 Å². The smallest absolute Gasteiger partial charge is 0.304 e. The van der Waals surface area contributed by atoms with Crippen LogP contribution in [0.4, 0.5) is 10.1 Å². The Labute approximate surface area is 243 Å². The van der Waals surface area contributed by atoms with Crippen molar-refractivity contribution in [3.8, 4) is 0 Å². The van der Waals surface area contributed by atoms with E-state index in [1.54, 1.807) is 0 Å². The summed E-state index contributed by atoms with van der Waals surface area (Å²) in [4.78, 5) is 29.4. The van der Waals surface area contributed by atoms with Crippen LogP contribution in [0, 0.1) is 12.7 Å². The fraction of sp³-hybridized carbons (Fsp3) is 0.355. The lowest BCUT2D eigenvalue weighted by atomic mass is 10.0. The Morgan fingerprint density at radius 3 is 2.00 bits per heavy atom. The number of nitrogens with one attached hydrogen (secondary N) is 1. The number of amides is 2. The van der Waals surface area contributed by atoms with Gasteiger partial charge in [-0.25, -0.2) is 8.70 Å². The van der Waals surface area contributed by atoms with Gasteiger partial charge in [-0.1, -0.05) is 60.2 Å². The molecule has 0 aliphatic heterocycles. The molecule has 0 radical (unpaired) electrons. The number of hydrogen-bond donors (Lipinski definition) is 1. The molecular weight excluding hydrogens is 543 g/mol. The lowest BCUT2D eigenvalue weighted by Gasteiger charge is -2.35. The molecule has 3 aromatic rings. The first-order valence-corrected chi connectivity index (χ1v) is 14.7. The van der Waals surface area contributed by atoms with Gasteiger partial charge in [0, 0.05) is 32.6 Å². The zero-order chi connectivity index (χ0) is 30.4. The van der Waals surface area contributed by atoms with E-state index in [9.17, 15) is 22.4 Å². The summed E-state index contributed by atoms with van der Waals surface area (Å²) >= 11 is 0. The second kappa shape index (κ2) is 13.3. The number of aryl methyl sites for hydroxylation is 1. The van der Waals surface area contributed by atoms with Crippen LogP contribution in [0.5, 0.6) is 0 Å². The van der Waals surface area contributed by atoms with Crippen molar-refractivity contribution in [1.29, 1.82) is 0 Å². The van der Waals surface area contributed by atoms with Crippen LogP contribution in [0.25, 0.3) is 0 Å². The minimum atomic E-state index is -4.15. The molecule has 10 heteroatoms. The van der Waals surface area contributed by atoms with Crippen LogP contribution in [0.2, 0.25) is 0 Å². The van der Waals surface area contributed by atoms with Crippen molar-refractivity contribution in [2.24, 2.45) is 0 Å². The minimum absolute atomic E-state index is 0.0768. The first-order chi connectivity index (χ1) is 19.2. The predicted octanol–water partition coefficient (Wildman–Crippen LogP) is 4.30. The molecule has 3 aromatic carbocycles. The van der Waals surface area contributed by atoms with E-state index in [1.165, 1.54) is 31.1 Å². The molecule has 0 heterocycles. The van der Waals surface area contributed by atoms with Gasteiger partial charge in [0.1, 0.15) is 18.4 Å². The molecule has 3 rings (SSSR count). The molecule has 0 bridgehead atoms. The molecule has 8 nitrogen and oxygen atoms in total. The van der Waals surface area contributed by atoms with Crippen LogP contribution < -0.4 is 9.62 Å². The summed E-state index contributed by atoms with van der Waals surface area (Å²) in [5, 5.41) is 2.99. The van der Waals surface area contributed by atoms with Gasteiger partial charge in [0.05, 0.1) is 5.69 Å². The molecule has 220 valence electrons. The molecule has 0 spiro atoms. The molecular formula is C31H39FN4O4S. The molecule has 0 aromatic heterocycles. The van der Waals surface area contributed by atoms with Crippen LogP contribution in [-0.2, 0) is 32.8 Å². The second-order valence-electron chi connectivity index (χ2n) is 11.2. The average Bonchev–Trinajstić information content (AvgIpc) is 2.90. The third-order valence-electron chi connectivity index (χ3n) is 6.38. The van der Waals surface area contributed by atoms with E-state index in [0.717, 1.165) is 37.4 Å². The number of halogens is 1. The van der Waals surface area contributed by atoms with E-state index < -0.39 is 40.1 Å². The first-order valence-electron chi connectivity index (χ1n) is 13.3. The number of anilines is 1. The maximum absolute atomic E-state index is 14.2. The summed E-state index contributed by atoms with van der Waals surface area (Å²) < 4.78 is 42.3. The fourth-order valence-corrected chi connectivity index (χ4v) is 5.28. The summed E-state index contributed by atoms with van der Waals surface area (Å²) in [5.74, 6) is -1.47. The Kier molecular flexibility index (Phi) is 10.3. The van der Waals surface area contributed by atoms with Gasteiger partial charge in [0.2, 0.25) is 11.8 Å². The van der Waals surface area contributed by atoms with E-state index >= 15 is 0 Å². The van der Waals surface area contributed by atoms with Gasteiger partial charge in [-0.3, -0.25) is 9.59 Å². The lowest BCUT2D eigenvalue weighted by Crippen LogP contribution is -2.56. The largest absolute Gasteiger partial charge is 0.350 e. The second-order valence-corrected chi connectivity index (χ2v) is 13.3. The highest BCUT2D eigenvalue weighted by atomic mass is 32.2. The lowest BCUT2D eigenvalue weighted by molar-refractivity contribution is -0.140. The van der Waals surface area contributed by atoms with Gasteiger partial charge in [-0.15, -0.1) is 0 Å². The van der Waals surface area contributed by atoms with Crippen molar-refractivity contribution >= 4 is 27.7 Å². The molecule has 0 saturated carbocycles. The van der Waals surface area contributed by atoms with Gasteiger partial charge >= 0.3 is 10.2 Å². The zero-order valence-corrected chi connectivity index (χ0v) is 25.3. The highest BCUT2D eigenvalue weighted by Gasteiger charge is 2.35. The van der Waals surface area contributed by atoms with Crippen molar-refractivity contribution in [2.45, 2.75) is 52.2 Å². The summed E-state index contributed by atoms with van der Waals surface area (Å²) in [6.45, 7) is 7.01. The molecule has 2 amide bonds. The SMILES string of the molecule is Cc1ccc(CN(C(=O)CN(c2ccc(F)cc2)S(=O)(=O)N(C)C)[C@H](Cc2ccccc2)C(=O)NC(C)(C)C)cc1. The van der Waals surface area contributed by atoms with Gasteiger partial charge in [-0.2, -0.15) is 12.7 Å². The zero-order valence-electron chi connectivity index (χ0n) is 24.5. The van der Waals surface area contributed by atoms with E-state index in [1.807, 2.05) is 82.3 Å². The Morgan fingerprint density at radius 2 is 1.46 bits per heavy atom. The number of carbonyl (C=O) groups excluding carboxylic acids is 2. The monoisotopic (exact) mass is 582 g/mol. The predicted molar refractivity (Wildman–Crippen MR) is 160 cm³/mol. The van der Waals surface area contributed by atoms with Crippen LogP contribution in [0.15, 0.2) is 78.9 Å². The van der Waals surface area contributed by atoms with Gasteiger partial charge in [0.25, 0.3) is 0 Å². The first kappa shape index (κ1) is 31.8. The molecule has 41 heavy (non-hydrogen) atoms. The third kappa shape index (κ3) is 8.86. The third-order valence-corrected chi connectivity index (χ3v) is 8.20. The van der Waals surface area contributed by atoms with Crippen molar-refractivity contribution in [2.75, 3.05) is 24.9 Å². The van der Waals surface area contributed by atoms with Crippen LogP contribution in [0.3, 0.4) is 0 Å². The quantitative estimate of drug-likeness (QED) is 0.365. The fourth-order valence-electron chi connectivity index (χ4n) is 4.22. The normalized spacial score (nSPS) is 12.6. The molecule has 1 atom stereocenters. The van der Waals surface area contributed by atoms with Gasteiger partial charge < -0.3 is 10.2 Å². The summed E-state index contributed by atoms with van der Waals surface area (Å²) in [7, 11) is -1.44. The topological polar surface area (TPSA) is 90.0 Å². The standard InChI is InChI=1S/C31H39FN4O4S/c1-23-12-14-25(15-13-23)21-35(28(30(38)33-31(2,3)4)20-24-10-8-7-9-11-24)29(37)22-36(41(39,40)34(5)6)27-18-16-26(32)17-19-27/h7-19,28H,20-22H2,1-6H3,(H,33,38)/t28-/m1/s1. The number of rotatable bonds is 11. The summed E-state index contributed by atoms with van der Waals surface area (Å²) in [5.41, 5.74) is 2.23. The van der Waals surface area contributed by atoms with Crippen molar-refractivity contribution in [3.05, 3.63) is 101 Å². The number of nitrogens with zero attached hydrogens (tertiary/aromatic N) is 3. The van der Waals surface area contributed by atoms with E-state index in [0.29, 0.717) is 0 Å². The van der Waals surface area contributed by atoms with Crippen LogP contribution >= 0.6 is 0 Å². The van der Waals surface area contributed by atoms with Gasteiger partial charge in [-0.05, 0) is 63.1 Å². The van der Waals surface area contributed by atoms with Crippen molar-refractivity contribution in [3.63, 3.8) is 0 Å². The Bertz CT molecular complexity index is 1420. The van der Waals surface area contributed by atoms with Gasteiger partial charge in [0.15, 0.2) is 0 Å². The van der Waals surface area contributed by atoms with E-state index in [2.05, 4.69) is 5.32 Å². The number of benzene rings is 3. The summed E-state index contributed by atoms with van der Waals surface area (Å²) in [6.07, 6.45) is 0.220. The Hall–Kier alpha value is -3.76. The van der Waals surface area contributed by atoms with Crippen molar-refractivity contribution in [1.82, 2.24) is 14.5 Å². The Balaban J connectivity index is 2.10.